The SMILES string of the molecule is O=C(Nc1[nH]ncc1Br)c1cc(Cl)ccc1NS(=O)(=O)c1ccc(Oc2ccccc2Cl)cc1. The summed E-state index contributed by atoms with van der Waals surface area (Å²) in [7, 11) is -4.03. The Hall–Kier alpha value is -3.05. The summed E-state index contributed by atoms with van der Waals surface area (Å²) in [6.45, 7) is 0. The molecule has 4 aromatic rings. The molecule has 0 unspecified atom stereocenters. The summed E-state index contributed by atoms with van der Waals surface area (Å²) in [4.78, 5) is 12.8. The molecule has 4 rings (SSSR count). The molecule has 3 N–H and O–H groups in total. The number of hydrogen-bond acceptors (Lipinski definition) is 5. The molecule has 1 aromatic heterocycles. The van der Waals surface area contributed by atoms with Gasteiger partial charge < -0.3 is 10.1 Å². The number of sulfonamides is 1. The first-order chi connectivity index (χ1) is 16.2. The molecule has 3 aromatic carbocycles. The Morgan fingerprint density at radius 3 is 2.44 bits per heavy atom. The number of rotatable bonds is 7. The van der Waals surface area contributed by atoms with Gasteiger partial charge in [0.25, 0.3) is 15.9 Å². The first-order valence-electron chi connectivity index (χ1n) is 9.58. The van der Waals surface area contributed by atoms with E-state index in [2.05, 4.69) is 36.2 Å². The van der Waals surface area contributed by atoms with E-state index in [0.29, 0.717) is 26.8 Å². The number of ether oxygens (including phenoxy) is 1. The number of aromatic nitrogens is 2. The predicted molar refractivity (Wildman–Crippen MR) is 134 cm³/mol. The molecule has 0 fully saturated rings. The van der Waals surface area contributed by atoms with E-state index in [1.807, 2.05) is 0 Å². The molecule has 34 heavy (non-hydrogen) atoms. The highest BCUT2D eigenvalue weighted by Crippen LogP contribution is 2.30. The number of aromatic amines is 1. The van der Waals surface area contributed by atoms with Crippen LogP contribution in [0.1, 0.15) is 10.4 Å². The number of halogens is 3. The van der Waals surface area contributed by atoms with E-state index < -0.39 is 15.9 Å². The van der Waals surface area contributed by atoms with Gasteiger partial charge in [0.2, 0.25) is 0 Å². The number of hydrogen-bond donors (Lipinski definition) is 3. The van der Waals surface area contributed by atoms with Crippen molar-refractivity contribution >= 4 is 66.6 Å². The van der Waals surface area contributed by atoms with Crippen LogP contribution in [0.5, 0.6) is 11.5 Å². The zero-order valence-electron chi connectivity index (χ0n) is 17.1. The number of nitrogens with one attached hydrogen (secondary N) is 3. The van der Waals surface area contributed by atoms with Gasteiger partial charge in [0, 0.05) is 5.02 Å². The van der Waals surface area contributed by atoms with Crippen LogP contribution in [0.25, 0.3) is 0 Å². The molecule has 1 amide bonds. The van der Waals surface area contributed by atoms with Crippen molar-refractivity contribution in [1.29, 1.82) is 0 Å². The van der Waals surface area contributed by atoms with Crippen LogP contribution in [-0.2, 0) is 10.0 Å². The van der Waals surface area contributed by atoms with Crippen LogP contribution in [0.15, 0.2) is 82.3 Å². The van der Waals surface area contributed by atoms with Crippen LogP contribution in [0.3, 0.4) is 0 Å². The minimum absolute atomic E-state index is 0.0243. The predicted octanol–water partition coefficient (Wildman–Crippen LogP) is 6.32. The molecule has 0 bridgehead atoms. The van der Waals surface area contributed by atoms with Crippen LogP contribution in [-0.4, -0.2) is 24.5 Å². The third-order valence-corrected chi connectivity index (χ3v) is 7.03. The van der Waals surface area contributed by atoms with Gasteiger partial charge in [-0.2, -0.15) is 5.10 Å². The summed E-state index contributed by atoms with van der Waals surface area (Å²) < 4.78 is 34.6. The zero-order chi connectivity index (χ0) is 24.3. The van der Waals surface area contributed by atoms with Crippen LogP contribution in [0.4, 0.5) is 11.5 Å². The lowest BCUT2D eigenvalue weighted by Crippen LogP contribution is -2.19. The number of nitrogens with zero attached hydrogens (tertiary/aromatic N) is 1. The van der Waals surface area contributed by atoms with E-state index in [1.54, 1.807) is 24.3 Å². The van der Waals surface area contributed by atoms with Crippen molar-refractivity contribution in [3.8, 4) is 11.5 Å². The Kier molecular flexibility index (Phi) is 7.13. The minimum Gasteiger partial charge on any atom is -0.456 e. The Balaban J connectivity index is 1.55. The van der Waals surface area contributed by atoms with Gasteiger partial charge in [-0.15, -0.1) is 0 Å². The van der Waals surface area contributed by atoms with Crippen LogP contribution in [0.2, 0.25) is 10.0 Å². The smallest absolute Gasteiger partial charge is 0.261 e. The lowest BCUT2D eigenvalue weighted by Gasteiger charge is -2.13. The molecule has 0 spiro atoms. The molecule has 0 aliphatic heterocycles. The molecule has 174 valence electrons. The molecule has 8 nitrogen and oxygen atoms in total. The Morgan fingerprint density at radius 2 is 1.76 bits per heavy atom. The number of carbonyl (C=O) groups is 1. The van der Waals surface area contributed by atoms with Crippen molar-refractivity contribution in [2.75, 3.05) is 10.0 Å². The largest absolute Gasteiger partial charge is 0.456 e. The van der Waals surface area contributed by atoms with Crippen molar-refractivity contribution in [2.24, 2.45) is 0 Å². The van der Waals surface area contributed by atoms with E-state index in [1.165, 1.54) is 48.7 Å². The normalized spacial score (nSPS) is 11.1. The number of amides is 1. The first kappa shape index (κ1) is 24.1. The first-order valence-corrected chi connectivity index (χ1v) is 12.6. The highest BCUT2D eigenvalue weighted by molar-refractivity contribution is 9.10. The zero-order valence-corrected chi connectivity index (χ0v) is 21.0. The quantitative estimate of drug-likeness (QED) is 0.236. The Labute approximate surface area is 213 Å². The second kappa shape index (κ2) is 10.1. The molecule has 0 atom stereocenters. The highest BCUT2D eigenvalue weighted by Gasteiger charge is 2.20. The van der Waals surface area contributed by atoms with E-state index in [-0.39, 0.29) is 21.2 Å². The summed E-state index contributed by atoms with van der Waals surface area (Å²) in [6, 6.07) is 16.9. The standard InChI is InChI=1S/C22H15BrCl2N4O4S/c23-17-12-26-28-21(17)27-22(30)16-11-13(24)5-10-19(16)29-34(31,32)15-8-6-14(7-9-15)33-20-4-2-1-3-18(20)25/h1-12,29H,(H2,26,27,28,30). The average Bonchev–Trinajstić information content (AvgIpc) is 3.21. The molecular weight excluding hydrogens is 567 g/mol. The molecule has 0 aliphatic carbocycles. The van der Waals surface area contributed by atoms with Gasteiger partial charge in [-0.25, -0.2) is 8.42 Å². The fourth-order valence-electron chi connectivity index (χ4n) is 2.88. The van der Waals surface area contributed by atoms with Crippen LogP contribution >= 0.6 is 39.1 Å². The van der Waals surface area contributed by atoms with Gasteiger partial charge in [-0.1, -0.05) is 35.3 Å². The maximum atomic E-state index is 13.0. The summed E-state index contributed by atoms with van der Waals surface area (Å²) in [5.74, 6) is 0.573. The lowest BCUT2D eigenvalue weighted by atomic mass is 10.1. The fourth-order valence-corrected chi connectivity index (χ4v) is 4.59. The molecule has 0 saturated heterocycles. The van der Waals surface area contributed by atoms with E-state index in [9.17, 15) is 13.2 Å². The van der Waals surface area contributed by atoms with Crippen molar-refractivity contribution in [2.45, 2.75) is 4.90 Å². The van der Waals surface area contributed by atoms with Gasteiger partial charge in [-0.05, 0) is 70.5 Å². The summed E-state index contributed by atoms with van der Waals surface area (Å²) in [6.07, 6.45) is 1.47. The molecular formula is C22H15BrCl2N4O4S. The third-order valence-electron chi connectivity index (χ3n) is 4.50. The van der Waals surface area contributed by atoms with E-state index >= 15 is 0 Å². The van der Waals surface area contributed by atoms with E-state index in [0.717, 1.165) is 0 Å². The average molecular weight is 582 g/mol. The lowest BCUT2D eigenvalue weighted by molar-refractivity contribution is 0.102. The molecule has 0 aliphatic rings. The summed E-state index contributed by atoms with van der Waals surface area (Å²) in [5, 5.41) is 9.72. The monoisotopic (exact) mass is 580 g/mol. The van der Waals surface area contributed by atoms with Crippen molar-refractivity contribution in [1.82, 2.24) is 10.2 Å². The van der Waals surface area contributed by atoms with Gasteiger partial charge in [0.05, 0.1) is 31.8 Å². The van der Waals surface area contributed by atoms with Gasteiger partial charge in [-0.3, -0.25) is 14.6 Å². The number of anilines is 2. The second-order valence-electron chi connectivity index (χ2n) is 6.85. The Bertz CT molecular complexity index is 1460. The third kappa shape index (κ3) is 5.53. The summed E-state index contributed by atoms with van der Waals surface area (Å²) >= 11 is 15.4. The number of carbonyl (C=O) groups excluding carboxylic acids is 1. The van der Waals surface area contributed by atoms with Crippen molar-refractivity contribution in [3.05, 3.63) is 93.0 Å². The molecule has 1 heterocycles. The maximum absolute atomic E-state index is 13.0. The van der Waals surface area contributed by atoms with E-state index in [4.69, 9.17) is 27.9 Å². The topological polar surface area (TPSA) is 113 Å². The fraction of sp³-hybridized carbons (Fsp3) is 0. The highest BCUT2D eigenvalue weighted by atomic mass is 79.9. The second-order valence-corrected chi connectivity index (χ2v) is 10.2. The Morgan fingerprint density at radius 1 is 1.03 bits per heavy atom. The number of H-pyrrole nitrogens is 1. The number of benzene rings is 3. The van der Waals surface area contributed by atoms with Gasteiger partial charge >= 0.3 is 0 Å². The van der Waals surface area contributed by atoms with Crippen LogP contribution < -0.4 is 14.8 Å². The number of para-hydroxylation sites is 1. The van der Waals surface area contributed by atoms with Gasteiger partial charge in [0.15, 0.2) is 0 Å². The van der Waals surface area contributed by atoms with Crippen molar-refractivity contribution < 1.29 is 17.9 Å². The van der Waals surface area contributed by atoms with Gasteiger partial charge in [0.1, 0.15) is 17.3 Å². The summed E-state index contributed by atoms with van der Waals surface area (Å²) in [5.41, 5.74) is 0.0742. The molecule has 0 radical (unpaired) electrons. The minimum atomic E-state index is -4.03. The van der Waals surface area contributed by atoms with Crippen LogP contribution in [0, 0.1) is 0 Å². The van der Waals surface area contributed by atoms with Crippen molar-refractivity contribution in [3.63, 3.8) is 0 Å². The molecule has 12 heteroatoms. The maximum Gasteiger partial charge on any atom is 0.261 e. The molecule has 0 saturated carbocycles.